The third-order valence-electron chi connectivity index (χ3n) is 5.85. The number of hydrogen-bond acceptors (Lipinski definition) is 3. The van der Waals surface area contributed by atoms with Gasteiger partial charge in [-0.1, -0.05) is 137 Å². The smallest absolute Gasteiger partial charge is 0.305 e. The van der Waals surface area contributed by atoms with Gasteiger partial charge in [0.1, 0.15) is 0 Å². The van der Waals surface area contributed by atoms with Gasteiger partial charge >= 0.3 is 5.97 Å². The lowest BCUT2D eigenvalue weighted by Gasteiger charge is -2.07. The van der Waals surface area contributed by atoms with Crippen LogP contribution < -0.4 is 0 Å². The molecule has 0 atom stereocenters. The largest absolute Gasteiger partial charge is 0.465 e. The van der Waals surface area contributed by atoms with Crippen molar-refractivity contribution in [3.8, 4) is 0 Å². The first-order valence-corrected chi connectivity index (χ1v) is 14.8. The SMILES string of the molecule is CCCCCCCCCCCCCCCCCC(=O)OCC(C)C.CCCCOCCCC. The maximum atomic E-state index is 11.5. The molecule has 0 N–H and O–H groups in total. The highest BCUT2D eigenvalue weighted by molar-refractivity contribution is 5.69. The predicted octanol–water partition coefficient (Wildman–Crippen LogP) is 10.1. The van der Waals surface area contributed by atoms with Crippen LogP contribution in [-0.2, 0) is 14.3 Å². The summed E-state index contributed by atoms with van der Waals surface area (Å²) in [7, 11) is 0. The van der Waals surface area contributed by atoms with E-state index in [9.17, 15) is 4.79 Å². The van der Waals surface area contributed by atoms with Crippen LogP contribution in [0.1, 0.15) is 163 Å². The van der Waals surface area contributed by atoms with Gasteiger partial charge in [0.2, 0.25) is 0 Å². The third kappa shape index (κ3) is 36.2. The maximum Gasteiger partial charge on any atom is 0.305 e. The van der Waals surface area contributed by atoms with Crippen LogP contribution in [0.2, 0.25) is 0 Å². The zero-order chi connectivity index (χ0) is 24.8. The molecule has 33 heavy (non-hydrogen) atoms. The third-order valence-corrected chi connectivity index (χ3v) is 5.85. The predicted molar refractivity (Wildman–Crippen MR) is 146 cm³/mol. The number of carbonyl (C=O) groups excluding carboxylic acids is 1. The molecule has 200 valence electrons. The van der Waals surface area contributed by atoms with Crippen LogP contribution in [0.25, 0.3) is 0 Å². The Bertz CT molecular complexity index is 348. The van der Waals surface area contributed by atoms with Crippen molar-refractivity contribution < 1.29 is 14.3 Å². The first kappa shape index (κ1) is 34.6. The molecule has 3 heteroatoms. The van der Waals surface area contributed by atoms with Crippen LogP contribution in [0.3, 0.4) is 0 Å². The van der Waals surface area contributed by atoms with E-state index in [1.54, 1.807) is 0 Å². The Hall–Kier alpha value is -0.570. The van der Waals surface area contributed by atoms with Gasteiger partial charge in [0, 0.05) is 19.6 Å². The number of esters is 1. The van der Waals surface area contributed by atoms with Crippen molar-refractivity contribution in [1.82, 2.24) is 0 Å². The molecule has 0 heterocycles. The van der Waals surface area contributed by atoms with Crippen molar-refractivity contribution in [1.29, 1.82) is 0 Å². The van der Waals surface area contributed by atoms with Gasteiger partial charge in [-0.25, -0.2) is 0 Å². The Labute approximate surface area is 209 Å². The van der Waals surface area contributed by atoms with Crippen molar-refractivity contribution in [2.24, 2.45) is 5.92 Å². The zero-order valence-corrected chi connectivity index (χ0v) is 23.6. The molecule has 0 aromatic rings. The van der Waals surface area contributed by atoms with Gasteiger partial charge in [-0.3, -0.25) is 4.79 Å². The molecule has 0 aromatic carbocycles. The zero-order valence-electron chi connectivity index (χ0n) is 23.6. The molecule has 0 aliphatic rings. The molecule has 0 saturated heterocycles. The minimum absolute atomic E-state index is 0.0154. The summed E-state index contributed by atoms with van der Waals surface area (Å²) in [6.45, 7) is 13.3. The van der Waals surface area contributed by atoms with Gasteiger partial charge in [-0.2, -0.15) is 0 Å². The highest BCUT2D eigenvalue weighted by Crippen LogP contribution is 2.13. The Morgan fingerprint density at radius 2 is 0.909 bits per heavy atom. The molecule has 0 bridgehead atoms. The molecule has 0 radical (unpaired) electrons. The Kier molecular flexibility index (Phi) is 33.0. The van der Waals surface area contributed by atoms with Gasteiger partial charge in [0.15, 0.2) is 0 Å². The quantitative estimate of drug-likeness (QED) is 0.104. The van der Waals surface area contributed by atoms with Crippen molar-refractivity contribution >= 4 is 5.97 Å². The van der Waals surface area contributed by atoms with E-state index in [2.05, 4.69) is 34.6 Å². The van der Waals surface area contributed by atoms with Crippen LogP contribution in [0.4, 0.5) is 0 Å². The summed E-state index contributed by atoms with van der Waals surface area (Å²) < 4.78 is 10.5. The summed E-state index contributed by atoms with van der Waals surface area (Å²) in [5.41, 5.74) is 0. The highest BCUT2D eigenvalue weighted by Gasteiger charge is 2.03. The van der Waals surface area contributed by atoms with Crippen molar-refractivity contribution in [3.63, 3.8) is 0 Å². The summed E-state index contributed by atoms with van der Waals surface area (Å²) in [6.07, 6.45) is 25.9. The molecule has 0 aromatic heterocycles. The molecular formula is C30H62O3. The van der Waals surface area contributed by atoms with E-state index in [4.69, 9.17) is 9.47 Å². The number of ether oxygens (including phenoxy) is 2. The van der Waals surface area contributed by atoms with Crippen molar-refractivity contribution in [3.05, 3.63) is 0 Å². The van der Waals surface area contributed by atoms with Gasteiger partial charge < -0.3 is 9.47 Å². The van der Waals surface area contributed by atoms with E-state index in [1.807, 2.05) is 0 Å². The molecule has 0 spiro atoms. The molecule has 0 rings (SSSR count). The minimum atomic E-state index is -0.0154. The van der Waals surface area contributed by atoms with Crippen LogP contribution >= 0.6 is 0 Å². The van der Waals surface area contributed by atoms with Crippen LogP contribution in [0.5, 0.6) is 0 Å². The van der Waals surface area contributed by atoms with Gasteiger partial charge in [-0.15, -0.1) is 0 Å². The van der Waals surface area contributed by atoms with Gasteiger partial charge in [0.25, 0.3) is 0 Å². The van der Waals surface area contributed by atoms with Gasteiger partial charge in [0.05, 0.1) is 6.61 Å². The van der Waals surface area contributed by atoms with Crippen molar-refractivity contribution in [2.45, 2.75) is 163 Å². The first-order chi connectivity index (χ1) is 16.1. The number of rotatable bonds is 24. The average molecular weight is 471 g/mol. The molecule has 0 unspecified atom stereocenters. The summed E-state index contributed by atoms with van der Waals surface area (Å²) in [5, 5.41) is 0. The van der Waals surface area contributed by atoms with Gasteiger partial charge in [-0.05, 0) is 25.2 Å². The van der Waals surface area contributed by atoms with E-state index in [0.29, 0.717) is 18.9 Å². The Morgan fingerprint density at radius 3 is 1.27 bits per heavy atom. The fraction of sp³-hybridized carbons (Fsp3) is 0.967. The second-order valence-electron chi connectivity index (χ2n) is 10.1. The standard InChI is InChI=1S/C22H44O2.C8H18O/c1-4-5-6-7-8-9-10-11-12-13-14-15-16-17-18-19-22(23)24-20-21(2)3;1-3-5-7-9-8-6-4-2/h21H,4-20H2,1-3H3;3-8H2,1-2H3. The highest BCUT2D eigenvalue weighted by atomic mass is 16.5. The lowest BCUT2D eigenvalue weighted by atomic mass is 10.0. The number of carbonyl (C=O) groups is 1. The second-order valence-corrected chi connectivity index (χ2v) is 10.1. The first-order valence-electron chi connectivity index (χ1n) is 14.8. The van der Waals surface area contributed by atoms with Crippen molar-refractivity contribution in [2.75, 3.05) is 19.8 Å². The number of hydrogen-bond donors (Lipinski definition) is 0. The molecule has 0 aliphatic heterocycles. The fourth-order valence-electron chi connectivity index (χ4n) is 3.57. The molecule has 0 saturated carbocycles. The number of unbranched alkanes of at least 4 members (excludes halogenated alkanes) is 16. The Balaban J connectivity index is 0. The lowest BCUT2D eigenvalue weighted by molar-refractivity contribution is -0.144. The fourth-order valence-corrected chi connectivity index (χ4v) is 3.57. The Morgan fingerprint density at radius 1 is 0.545 bits per heavy atom. The van der Waals surface area contributed by atoms with E-state index in [-0.39, 0.29) is 5.97 Å². The topological polar surface area (TPSA) is 35.5 Å². The van der Waals surface area contributed by atoms with E-state index < -0.39 is 0 Å². The second kappa shape index (κ2) is 31.4. The van der Waals surface area contributed by atoms with Crippen LogP contribution in [-0.4, -0.2) is 25.8 Å². The molecule has 0 amide bonds. The van der Waals surface area contributed by atoms with E-state index >= 15 is 0 Å². The molecule has 3 nitrogen and oxygen atoms in total. The normalized spacial score (nSPS) is 10.8. The van der Waals surface area contributed by atoms with E-state index in [0.717, 1.165) is 19.6 Å². The molecular weight excluding hydrogens is 408 g/mol. The summed E-state index contributed by atoms with van der Waals surface area (Å²) in [6, 6.07) is 0. The molecule has 0 aliphatic carbocycles. The summed E-state index contributed by atoms with van der Waals surface area (Å²) in [4.78, 5) is 11.5. The summed E-state index contributed by atoms with van der Waals surface area (Å²) in [5.74, 6) is 0.424. The lowest BCUT2D eigenvalue weighted by Crippen LogP contribution is -2.09. The maximum absolute atomic E-state index is 11.5. The molecule has 0 fully saturated rings. The van der Waals surface area contributed by atoms with Crippen LogP contribution in [0, 0.1) is 5.92 Å². The minimum Gasteiger partial charge on any atom is -0.465 e. The van der Waals surface area contributed by atoms with Crippen LogP contribution in [0.15, 0.2) is 0 Å². The average Bonchev–Trinajstić information content (AvgIpc) is 2.80. The monoisotopic (exact) mass is 470 g/mol. The van der Waals surface area contributed by atoms with E-state index in [1.165, 1.54) is 116 Å². The summed E-state index contributed by atoms with van der Waals surface area (Å²) >= 11 is 0.